The quantitative estimate of drug-likeness (QED) is 0.907. The highest BCUT2D eigenvalue weighted by molar-refractivity contribution is 6.33. The number of nitrogens with two attached hydrogens (primary N) is 1. The van der Waals surface area contributed by atoms with Crippen molar-refractivity contribution >= 4 is 35.6 Å². The van der Waals surface area contributed by atoms with Crippen LogP contribution in [-0.4, -0.2) is 24.0 Å². The topological polar surface area (TPSA) is 29.3 Å². The van der Waals surface area contributed by atoms with Gasteiger partial charge < -0.3 is 5.73 Å². The van der Waals surface area contributed by atoms with Gasteiger partial charge in [-0.2, -0.15) is 0 Å². The van der Waals surface area contributed by atoms with Crippen LogP contribution in [0.2, 0.25) is 10.0 Å². The lowest BCUT2D eigenvalue weighted by Gasteiger charge is -2.30. The molecule has 1 aliphatic rings. The Morgan fingerprint density at radius 2 is 2.12 bits per heavy atom. The van der Waals surface area contributed by atoms with E-state index >= 15 is 0 Å². The van der Waals surface area contributed by atoms with Crippen LogP contribution < -0.4 is 5.73 Å². The molecule has 1 atom stereocenters. The smallest absolute Gasteiger partial charge is 0.0452 e. The maximum Gasteiger partial charge on any atom is 0.0452 e. The molecule has 1 aliphatic heterocycles. The zero-order valence-electron chi connectivity index (χ0n) is 9.53. The molecule has 0 aromatic heterocycles. The fourth-order valence-electron chi connectivity index (χ4n) is 2.14. The van der Waals surface area contributed by atoms with Crippen LogP contribution in [0.15, 0.2) is 18.2 Å². The van der Waals surface area contributed by atoms with Crippen LogP contribution in [0.25, 0.3) is 0 Å². The summed E-state index contributed by atoms with van der Waals surface area (Å²) in [5, 5.41) is 1.52. The van der Waals surface area contributed by atoms with Gasteiger partial charge in [0, 0.05) is 29.2 Å². The molecule has 1 saturated heterocycles. The summed E-state index contributed by atoms with van der Waals surface area (Å²) < 4.78 is 0. The molecule has 1 aromatic carbocycles. The van der Waals surface area contributed by atoms with Crippen LogP contribution >= 0.6 is 35.6 Å². The molecule has 2 nitrogen and oxygen atoms in total. The van der Waals surface area contributed by atoms with Crippen molar-refractivity contribution in [3.05, 3.63) is 33.8 Å². The van der Waals surface area contributed by atoms with Crippen LogP contribution in [0.1, 0.15) is 18.4 Å². The summed E-state index contributed by atoms with van der Waals surface area (Å²) in [6.07, 6.45) is 2.29. The summed E-state index contributed by atoms with van der Waals surface area (Å²) in [6.45, 7) is 2.88. The highest BCUT2D eigenvalue weighted by Crippen LogP contribution is 2.23. The van der Waals surface area contributed by atoms with Crippen LogP contribution in [0.3, 0.4) is 0 Å². The van der Waals surface area contributed by atoms with Crippen molar-refractivity contribution in [1.29, 1.82) is 0 Å². The zero-order chi connectivity index (χ0) is 11.5. The van der Waals surface area contributed by atoms with Crippen LogP contribution in [0, 0.1) is 0 Å². The Balaban J connectivity index is 0.00000144. The molecule has 17 heavy (non-hydrogen) atoms. The normalized spacial score (nSPS) is 21.0. The zero-order valence-corrected chi connectivity index (χ0v) is 11.9. The molecule has 0 amide bonds. The van der Waals surface area contributed by atoms with Crippen molar-refractivity contribution < 1.29 is 0 Å². The second-order valence-corrected chi connectivity index (χ2v) is 5.22. The Labute approximate surface area is 118 Å². The second kappa shape index (κ2) is 6.81. The third-order valence-electron chi connectivity index (χ3n) is 2.94. The van der Waals surface area contributed by atoms with E-state index in [2.05, 4.69) is 4.90 Å². The molecule has 0 spiro atoms. The highest BCUT2D eigenvalue weighted by Gasteiger charge is 2.17. The minimum absolute atomic E-state index is 0. The van der Waals surface area contributed by atoms with Gasteiger partial charge in [-0.3, -0.25) is 4.90 Å². The van der Waals surface area contributed by atoms with Gasteiger partial charge in [-0.05, 0) is 43.1 Å². The molecule has 0 aliphatic carbocycles. The third-order valence-corrected chi connectivity index (χ3v) is 3.55. The number of hydrogen-bond acceptors (Lipinski definition) is 2. The van der Waals surface area contributed by atoms with E-state index in [1.165, 1.54) is 6.42 Å². The molecule has 1 aromatic rings. The Bertz CT molecular complexity index is 371. The summed E-state index contributed by atoms with van der Waals surface area (Å²) in [4.78, 5) is 2.34. The summed E-state index contributed by atoms with van der Waals surface area (Å²) in [7, 11) is 0. The van der Waals surface area contributed by atoms with Gasteiger partial charge in [0.1, 0.15) is 0 Å². The predicted molar refractivity (Wildman–Crippen MR) is 76.2 cm³/mol. The molecule has 0 unspecified atom stereocenters. The molecular weight excluding hydrogens is 279 g/mol. The molecule has 0 radical (unpaired) electrons. The van der Waals surface area contributed by atoms with Crippen molar-refractivity contribution in [3.63, 3.8) is 0 Å². The van der Waals surface area contributed by atoms with E-state index in [9.17, 15) is 0 Å². The van der Waals surface area contributed by atoms with E-state index in [1.807, 2.05) is 18.2 Å². The molecule has 2 rings (SSSR count). The second-order valence-electron chi connectivity index (χ2n) is 4.37. The number of piperidine rings is 1. The van der Waals surface area contributed by atoms with Gasteiger partial charge in [0.15, 0.2) is 0 Å². The largest absolute Gasteiger partial charge is 0.327 e. The van der Waals surface area contributed by atoms with Gasteiger partial charge in [0.05, 0.1) is 0 Å². The lowest BCUT2D eigenvalue weighted by molar-refractivity contribution is 0.201. The summed E-state index contributed by atoms with van der Waals surface area (Å²) in [5.74, 6) is 0. The van der Waals surface area contributed by atoms with Crippen LogP contribution in [-0.2, 0) is 6.54 Å². The summed E-state index contributed by atoms with van der Waals surface area (Å²) >= 11 is 12.1. The average molecular weight is 296 g/mol. The first-order valence-electron chi connectivity index (χ1n) is 5.57. The van der Waals surface area contributed by atoms with Crippen LogP contribution in [0.5, 0.6) is 0 Å². The monoisotopic (exact) mass is 294 g/mol. The Kier molecular flexibility index (Phi) is 6.04. The lowest BCUT2D eigenvalue weighted by atomic mass is 10.1. The van der Waals surface area contributed by atoms with E-state index in [-0.39, 0.29) is 12.4 Å². The minimum Gasteiger partial charge on any atom is -0.327 e. The lowest BCUT2D eigenvalue weighted by Crippen LogP contribution is -2.42. The van der Waals surface area contributed by atoms with E-state index in [0.29, 0.717) is 6.04 Å². The Hall–Kier alpha value is 0.01000. The molecule has 5 heteroatoms. The van der Waals surface area contributed by atoms with E-state index in [0.717, 1.165) is 41.7 Å². The van der Waals surface area contributed by atoms with Crippen molar-refractivity contribution in [1.82, 2.24) is 4.90 Å². The van der Waals surface area contributed by atoms with Crippen molar-refractivity contribution in [2.75, 3.05) is 13.1 Å². The Morgan fingerprint density at radius 1 is 1.35 bits per heavy atom. The van der Waals surface area contributed by atoms with Crippen molar-refractivity contribution in [2.24, 2.45) is 5.73 Å². The van der Waals surface area contributed by atoms with E-state index in [1.54, 1.807) is 0 Å². The minimum atomic E-state index is 0. The molecular formula is C12H17Cl3N2. The van der Waals surface area contributed by atoms with Crippen molar-refractivity contribution in [3.8, 4) is 0 Å². The molecule has 96 valence electrons. The average Bonchev–Trinajstić information content (AvgIpc) is 2.24. The molecule has 2 N–H and O–H groups in total. The first kappa shape index (κ1) is 15.1. The van der Waals surface area contributed by atoms with Gasteiger partial charge in [0.2, 0.25) is 0 Å². The number of nitrogens with zero attached hydrogens (tertiary/aromatic N) is 1. The highest BCUT2D eigenvalue weighted by atomic mass is 35.5. The standard InChI is InChI=1S/C12H16Cl2N2.ClH/c13-10-3-4-12(14)9(6-10)7-16-5-1-2-11(15)8-16;/h3-4,6,11H,1-2,5,7-8,15H2;1H/t11-;/m1./s1. The third kappa shape index (κ3) is 4.31. The van der Waals surface area contributed by atoms with Gasteiger partial charge in [0.25, 0.3) is 0 Å². The summed E-state index contributed by atoms with van der Waals surface area (Å²) in [5.41, 5.74) is 7.03. The number of halogens is 3. The fourth-order valence-corrected chi connectivity index (χ4v) is 2.51. The molecule has 1 heterocycles. The molecule has 1 fully saturated rings. The SMILES string of the molecule is Cl.N[C@@H]1CCCN(Cc2cc(Cl)ccc2Cl)C1. The van der Waals surface area contributed by atoms with Gasteiger partial charge in [-0.15, -0.1) is 12.4 Å². The summed E-state index contributed by atoms with van der Waals surface area (Å²) in [6, 6.07) is 5.90. The number of benzene rings is 1. The van der Waals surface area contributed by atoms with E-state index in [4.69, 9.17) is 28.9 Å². The number of rotatable bonds is 2. The maximum absolute atomic E-state index is 6.14. The predicted octanol–water partition coefficient (Wildman–Crippen LogP) is 3.34. The van der Waals surface area contributed by atoms with Gasteiger partial charge in [-0.25, -0.2) is 0 Å². The van der Waals surface area contributed by atoms with Gasteiger partial charge >= 0.3 is 0 Å². The fraction of sp³-hybridized carbons (Fsp3) is 0.500. The number of likely N-dealkylation sites (tertiary alicyclic amines) is 1. The Morgan fingerprint density at radius 3 is 2.82 bits per heavy atom. The van der Waals surface area contributed by atoms with Crippen LogP contribution in [0.4, 0.5) is 0 Å². The van der Waals surface area contributed by atoms with E-state index < -0.39 is 0 Å². The van der Waals surface area contributed by atoms with Gasteiger partial charge in [-0.1, -0.05) is 23.2 Å². The van der Waals surface area contributed by atoms with Crippen molar-refractivity contribution in [2.45, 2.75) is 25.4 Å². The maximum atomic E-state index is 6.14. The first-order valence-corrected chi connectivity index (χ1v) is 6.32. The number of hydrogen-bond donors (Lipinski definition) is 1. The first-order chi connectivity index (χ1) is 7.65. The molecule has 0 bridgehead atoms. The molecule has 0 saturated carbocycles.